The number of ether oxygens (including phenoxy) is 2. The summed E-state index contributed by atoms with van der Waals surface area (Å²) in [6.45, 7) is 5.86. The highest BCUT2D eigenvalue weighted by Crippen LogP contribution is 2.51. The molecule has 0 spiro atoms. The molecule has 1 unspecified atom stereocenters. The molecule has 0 N–H and O–H groups in total. The van der Waals surface area contributed by atoms with Crippen molar-refractivity contribution >= 4 is 27.7 Å². The first-order chi connectivity index (χ1) is 22.6. The molecular weight excluding hydrogens is 625 g/mol. The van der Waals surface area contributed by atoms with Gasteiger partial charge in [-0.05, 0) is 88.4 Å². The maximum absolute atomic E-state index is 15.1. The summed E-state index contributed by atoms with van der Waals surface area (Å²) in [5.74, 6) is -1.70. The van der Waals surface area contributed by atoms with E-state index in [1.807, 2.05) is 6.07 Å². The van der Waals surface area contributed by atoms with Gasteiger partial charge in [0.25, 0.3) is 15.9 Å². The summed E-state index contributed by atoms with van der Waals surface area (Å²) in [6.07, 6.45) is 1.25. The molecule has 3 aromatic rings. The molecule has 3 heterocycles. The van der Waals surface area contributed by atoms with Crippen LogP contribution in [0.5, 0.6) is 5.75 Å². The summed E-state index contributed by atoms with van der Waals surface area (Å²) < 4.78 is 56.0. The second-order valence-electron chi connectivity index (χ2n) is 11.9. The molecule has 3 aromatic carbocycles. The van der Waals surface area contributed by atoms with Crippen LogP contribution >= 0.6 is 0 Å². The summed E-state index contributed by atoms with van der Waals surface area (Å²) in [4.78, 5) is 34.8. The number of piperidine rings is 1. The van der Waals surface area contributed by atoms with Crippen LogP contribution in [0.3, 0.4) is 0 Å². The zero-order valence-corrected chi connectivity index (χ0v) is 27.1. The van der Waals surface area contributed by atoms with Gasteiger partial charge in [0.15, 0.2) is 0 Å². The zero-order chi connectivity index (χ0) is 33.3. The Morgan fingerprint density at radius 3 is 2.32 bits per heavy atom. The van der Waals surface area contributed by atoms with Crippen molar-refractivity contribution in [1.82, 2.24) is 14.7 Å². The molecule has 47 heavy (non-hydrogen) atoms. The van der Waals surface area contributed by atoms with Gasteiger partial charge in [0.2, 0.25) is 5.60 Å². The standard InChI is InChI=1S/C34H36FN5O6S/c1-3-45-31-7-5-4-6-28(31)34(46-33(42)39-20-18-38(19-21-39)26-14-16-37(2)17-15-26)29-22-25(35)10-13-30(29)40(32(34)41)47(43,44)27-11-8-24(23-36)9-12-27/h4-13,22,26H,3,14-21H2,1-2H3. The van der Waals surface area contributed by atoms with Crippen LogP contribution in [0.25, 0.3) is 0 Å². The van der Waals surface area contributed by atoms with E-state index in [1.165, 1.54) is 41.3 Å². The van der Waals surface area contributed by atoms with E-state index in [4.69, 9.17) is 9.47 Å². The van der Waals surface area contributed by atoms with Gasteiger partial charge >= 0.3 is 6.09 Å². The molecular formula is C34H36FN5O6S. The molecule has 2 fully saturated rings. The first kappa shape index (κ1) is 32.4. The number of benzene rings is 3. The predicted octanol–water partition coefficient (Wildman–Crippen LogP) is 3.92. The number of nitriles is 1. The van der Waals surface area contributed by atoms with Crippen molar-refractivity contribution < 1.29 is 31.9 Å². The maximum atomic E-state index is 15.1. The molecule has 0 aliphatic carbocycles. The molecule has 11 nitrogen and oxygen atoms in total. The van der Waals surface area contributed by atoms with Crippen LogP contribution in [-0.4, -0.2) is 94.1 Å². The van der Waals surface area contributed by atoms with Gasteiger partial charge in [-0.15, -0.1) is 0 Å². The van der Waals surface area contributed by atoms with Crippen LogP contribution < -0.4 is 9.04 Å². The minimum atomic E-state index is -4.63. The molecule has 3 aliphatic heterocycles. The number of para-hydroxylation sites is 1. The molecule has 0 bridgehead atoms. The number of anilines is 1. The first-order valence-electron chi connectivity index (χ1n) is 15.6. The average molecular weight is 662 g/mol. The normalized spacial score (nSPS) is 20.9. The Hall–Kier alpha value is -4.51. The van der Waals surface area contributed by atoms with Crippen molar-refractivity contribution in [3.8, 4) is 11.8 Å². The second-order valence-corrected chi connectivity index (χ2v) is 13.7. The van der Waals surface area contributed by atoms with Crippen molar-refractivity contribution in [2.45, 2.75) is 36.3 Å². The minimum Gasteiger partial charge on any atom is -0.493 e. The van der Waals surface area contributed by atoms with Gasteiger partial charge in [0, 0.05) is 37.8 Å². The fraction of sp³-hybridized carbons (Fsp3) is 0.382. The Morgan fingerprint density at radius 2 is 1.66 bits per heavy atom. The van der Waals surface area contributed by atoms with Crippen LogP contribution in [0.1, 0.15) is 36.5 Å². The van der Waals surface area contributed by atoms with E-state index in [2.05, 4.69) is 16.8 Å². The van der Waals surface area contributed by atoms with Gasteiger partial charge in [-0.1, -0.05) is 18.2 Å². The number of hydrogen-bond acceptors (Lipinski definition) is 9. The number of hydrogen-bond donors (Lipinski definition) is 0. The number of halogens is 1. The maximum Gasteiger partial charge on any atom is 0.411 e. The quantitative estimate of drug-likeness (QED) is 0.371. The van der Waals surface area contributed by atoms with Crippen LogP contribution in [0.15, 0.2) is 71.6 Å². The number of likely N-dealkylation sites (tertiary alicyclic amines) is 1. The van der Waals surface area contributed by atoms with Crippen molar-refractivity contribution in [2.24, 2.45) is 0 Å². The van der Waals surface area contributed by atoms with E-state index in [0.717, 1.165) is 38.1 Å². The second kappa shape index (κ2) is 12.9. The summed E-state index contributed by atoms with van der Waals surface area (Å²) in [5, 5.41) is 9.22. The number of sulfonamides is 1. The van der Waals surface area contributed by atoms with E-state index in [9.17, 15) is 23.3 Å². The van der Waals surface area contributed by atoms with E-state index < -0.39 is 33.4 Å². The Morgan fingerprint density at radius 1 is 0.979 bits per heavy atom. The largest absolute Gasteiger partial charge is 0.493 e. The molecule has 1 atom stereocenters. The van der Waals surface area contributed by atoms with Crippen LogP contribution in [-0.2, 0) is 25.2 Å². The van der Waals surface area contributed by atoms with Crippen molar-refractivity contribution in [2.75, 3.05) is 57.2 Å². The lowest BCUT2D eigenvalue weighted by Crippen LogP contribution is -2.55. The monoisotopic (exact) mass is 661 g/mol. The predicted molar refractivity (Wildman–Crippen MR) is 171 cm³/mol. The SMILES string of the molecule is CCOc1ccccc1C1(OC(=O)N2CCN(C3CCN(C)CC3)CC2)C(=O)N(S(=O)(=O)c2ccc(C#N)cc2)c2ccc(F)cc21. The Balaban J connectivity index is 1.41. The third-order valence-electron chi connectivity index (χ3n) is 9.15. The van der Waals surface area contributed by atoms with Crippen molar-refractivity contribution in [3.05, 3.63) is 89.2 Å². The van der Waals surface area contributed by atoms with Crippen molar-refractivity contribution in [3.63, 3.8) is 0 Å². The lowest BCUT2D eigenvalue weighted by atomic mass is 9.86. The van der Waals surface area contributed by atoms with Crippen LogP contribution in [0.2, 0.25) is 0 Å². The molecule has 6 rings (SSSR count). The molecule has 0 saturated carbocycles. The fourth-order valence-electron chi connectivity index (χ4n) is 6.66. The number of rotatable bonds is 7. The van der Waals surface area contributed by atoms with Crippen LogP contribution in [0, 0.1) is 17.1 Å². The highest BCUT2D eigenvalue weighted by Gasteiger charge is 2.61. The smallest absolute Gasteiger partial charge is 0.411 e. The summed E-state index contributed by atoms with van der Waals surface area (Å²) >= 11 is 0. The number of nitrogens with zero attached hydrogens (tertiary/aromatic N) is 5. The van der Waals surface area contributed by atoms with E-state index in [1.54, 1.807) is 25.1 Å². The van der Waals surface area contributed by atoms with Gasteiger partial charge in [-0.3, -0.25) is 9.69 Å². The minimum absolute atomic E-state index is 0.0644. The average Bonchev–Trinajstić information content (AvgIpc) is 3.33. The van der Waals surface area contributed by atoms with E-state index >= 15 is 4.39 Å². The van der Waals surface area contributed by atoms with Crippen molar-refractivity contribution in [1.29, 1.82) is 5.26 Å². The van der Waals surface area contributed by atoms with Gasteiger partial charge < -0.3 is 19.3 Å². The molecule has 0 aromatic heterocycles. The van der Waals surface area contributed by atoms with E-state index in [0.29, 0.717) is 36.5 Å². The fourth-order valence-corrected chi connectivity index (χ4v) is 8.11. The summed E-state index contributed by atoms with van der Waals surface area (Å²) in [5.41, 5.74) is -2.42. The molecule has 13 heteroatoms. The van der Waals surface area contributed by atoms with E-state index in [-0.39, 0.29) is 39.6 Å². The van der Waals surface area contributed by atoms with Crippen LogP contribution in [0.4, 0.5) is 14.9 Å². The third-order valence-corrected chi connectivity index (χ3v) is 10.9. The number of fused-ring (bicyclic) bond motifs is 1. The van der Waals surface area contributed by atoms with Gasteiger partial charge in [0.1, 0.15) is 11.6 Å². The lowest BCUT2D eigenvalue weighted by Gasteiger charge is -2.42. The number of carbonyl (C=O) groups excluding carboxylic acids is 2. The summed E-state index contributed by atoms with van der Waals surface area (Å²) in [7, 11) is -2.53. The number of carbonyl (C=O) groups is 2. The summed E-state index contributed by atoms with van der Waals surface area (Å²) in [6, 6.07) is 17.1. The lowest BCUT2D eigenvalue weighted by molar-refractivity contribution is -0.132. The molecule has 246 valence electrons. The molecule has 3 aliphatic rings. The highest BCUT2D eigenvalue weighted by atomic mass is 32.2. The topological polar surface area (TPSA) is 123 Å². The Labute approximate surface area is 273 Å². The Bertz CT molecular complexity index is 1820. The Kier molecular flexibility index (Phi) is 8.93. The molecule has 0 radical (unpaired) electrons. The first-order valence-corrected chi connectivity index (χ1v) is 17.1. The molecule has 2 saturated heterocycles. The van der Waals surface area contributed by atoms with Gasteiger partial charge in [-0.2, -0.15) is 9.57 Å². The highest BCUT2D eigenvalue weighted by molar-refractivity contribution is 7.93. The number of piperazine rings is 1. The molecule has 2 amide bonds. The third kappa shape index (κ3) is 5.81. The zero-order valence-electron chi connectivity index (χ0n) is 26.3. The number of amides is 2. The van der Waals surface area contributed by atoms with Gasteiger partial charge in [0.05, 0.1) is 34.4 Å². The van der Waals surface area contributed by atoms with Gasteiger partial charge in [-0.25, -0.2) is 17.6 Å².